The predicted octanol–water partition coefficient (Wildman–Crippen LogP) is 9.16. The molecule has 0 saturated carbocycles. The molecular formula is C50H45NO10. The van der Waals surface area contributed by atoms with Crippen LogP contribution < -0.4 is 14.4 Å². The molecule has 0 fully saturated rings. The van der Waals surface area contributed by atoms with Crippen LogP contribution in [0.4, 0.5) is 17.1 Å². The van der Waals surface area contributed by atoms with E-state index < -0.39 is 36.1 Å². The van der Waals surface area contributed by atoms with Crippen LogP contribution in [0.5, 0.6) is 11.5 Å². The summed E-state index contributed by atoms with van der Waals surface area (Å²) in [7, 11) is 0. The Hall–Kier alpha value is -7.92. The smallest absolute Gasteiger partial charge is 0.330 e. The van der Waals surface area contributed by atoms with Gasteiger partial charge in [0.2, 0.25) is 0 Å². The molecule has 0 aliphatic rings. The van der Waals surface area contributed by atoms with E-state index in [1.54, 1.807) is 24.3 Å². The monoisotopic (exact) mass is 819 g/mol. The molecule has 310 valence electrons. The number of rotatable bonds is 22. The first-order valence-corrected chi connectivity index (χ1v) is 19.1. The summed E-state index contributed by atoms with van der Waals surface area (Å²) < 4.78 is 32.6. The van der Waals surface area contributed by atoms with Crippen LogP contribution >= 0.6 is 0 Å². The van der Waals surface area contributed by atoms with E-state index in [2.05, 4.69) is 85.8 Å². The molecule has 0 heterocycles. The molecule has 0 amide bonds. The molecule has 0 aromatic heterocycles. The van der Waals surface area contributed by atoms with Gasteiger partial charge in [-0.3, -0.25) is 0 Å². The lowest BCUT2D eigenvalue weighted by atomic mass is 9.95. The highest BCUT2D eigenvalue weighted by Gasteiger charge is 2.19. The summed E-state index contributed by atoms with van der Waals surface area (Å²) >= 11 is 0. The average Bonchev–Trinajstić information content (AvgIpc) is 3.31. The highest BCUT2D eigenvalue weighted by atomic mass is 16.6. The lowest BCUT2D eigenvalue weighted by Gasteiger charge is -2.25. The second kappa shape index (κ2) is 22.9. The van der Waals surface area contributed by atoms with Gasteiger partial charge in [0, 0.05) is 41.4 Å². The molecule has 0 saturated heterocycles. The molecule has 0 bridgehead atoms. The summed E-state index contributed by atoms with van der Waals surface area (Å²) in [6, 6.07) is 43.3. The van der Waals surface area contributed by atoms with Crippen LogP contribution in [0, 0.1) is 0 Å². The molecule has 2 unspecified atom stereocenters. The molecule has 5 aromatic carbocycles. The minimum absolute atomic E-state index is 0.0901. The lowest BCUT2D eigenvalue weighted by Crippen LogP contribution is -2.30. The van der Waals surface area contributed by atoms with Gasteiger partial charge in [0.1, 0.15) is 37.9 Å². The van der Waals surface area contributed by atoms with Crippen LogP contribution in [0.2, 0.25) is 0 Å². The summed E-state index contributed by atoms with van der Waals surface area (Å²) in [6.45, 7) is 13.0. The molecule has 5 rings (SSSR count). The van der Waals surface area contributed by atoms with Gasteiger partial charge >= 0.3 is 23.9 Å². The van der Waals surface area contributed by atoms with Crippen molar-refractivity contribution in [2.45, 2.75) is 12.2 Å². The minimum Gasteiger partial charge on any atom is -0.490 e. The van der Waals surface area contributed by atoms with Crippen LogP contribution in [-0.2, 0) is 38.1 Å². The fourth-order valence-corrected chi connectivity index (χ4v) is 5.79. The van der Waals surface area contributed by atoms with Crippen LogP contribution in [0.3, 0.4) is 0 Å². The number of anilines is 3. The first kappa shape index (κ1) is 44.2. The Morgan fingerprint density at radius 3 is 1.21 bits per heavy atom. The van der Waals surface area contributed by atoms with Crippen molar-refractivity contribution in [2.75, 3.05) is 31.3 Å². The van der Waals surface area contributed by atoms with E-state index in [1.807, 2.05) is 60.7 Å². The van der Waals surface area contributed by atoms with E-state index in [0.29, 0.717) is 11.5 Å². The molecule has 61 heavy (non-hydrogen) atoms. The van der Waals surface area contributed by atoms with E-state index >= 15 is 0 Å². The number of benzene rings is 5. The Balaban J connectivity index is 1.42. The third-order valence-corrected chi connectivity index (χ3v) is 8.75. The van der Waals surface area contributed by atoms with Crippen molar-refractivity contribution < 1.29 is 47.6 Å². The van der Waals surface area contributed by atoms with E-state index in [-0.39, 0.29) is 26.4 Å². The largest absolute Gasteiger partial charge is 0.490 e. The maximum atomic E-state index is 11.9. The minimum atomic E-state index is -0.889. The van der Waals surface area contributed by atoms with Crippen LogP contribution in [0.25, 0.3) is 11.6 Å². The molecule has 0 radical (unpaired) electrons. The van der Waals surface area contributed by atoms with Crippen molar-refractivity contribution in [1.82, 2.24) is 0 Å². The quantitative estimate of drug-likeness (QED) is 0.0287. The van der Waals surface area contributed by atoms with Crippen molar-refractivity contribution in [3.05, 3.63) is 201 Å². The number of hydrogen-bond donors (Lipinski definition) is 0. The number of nitrogens with zero attached hydrogens (tertiary/aromatic N) is 1. The zero-order valence-corrected chi connectivity index (χ0v) is 33.4. The van der Waals surface area contributed by atoms with Crippen molar-refractivity contribution in [3.63, 3.8) is 0 Å². The van der Waals surface area contributed by atoms with Gasteiger partial charge < -0.3 is 33.3 Å². The first-order valence-electron chi connectivity index (χ1n) is 19.1. The van der Waals surface area contributed by atoms with Crippen molar-refractivity contribution in [1.29, 1.82) is 0 Å². The van der Waals surface area contributed by atoms with Crippen molar-refractivity contribution >= 4 is 52.6 Å². The van der Waals surface area contributed by atoms with Gasteiger partial charge in [-0.1, -0.05) is 99.1 Å². The number of carbonyl (C=O) groups is 4. The molecule has 0 N–H and O–H groups in total. The number of hydrogen-bond acceptors (Lipinski definition) is 11. The van der Waals surface area contributed by atoms with E-state index in [1.165, 1.54) is 0 Å². The molecule has 0 aliphatic heterocycles. The molecule has 11 nitrogen and oxygen atoms in total. The third-order valence-electron chi connectivity index (χ3n) is 8.75. The molecule has 0 aliphatic carbocycles. The van der Waals surface area contributed by atoms with Gasteiger partial charge in [-0.2, -0.15) is 0 Å². The average molecular weight is 820 g/mol. The van der Waals surface area contributed by atoms with Gasteiger partial charge in [-0.05, 0) is 89.0 Å². The van der Waals surface area contributed by atoms with E-state index in [4.69, 9.17) is 28.4 Å². The highest BCUT2D eigenvalue weighted by Crippen LogP contribution is 2.35. The zero-order chi connectivity index (χ0) is 43.4. The maximum Gasteiger partial charge on any atom is 0.330 e. The van der Waals surface area contributed by atoms with Gasteiger partial charge in [0.05, 0.1) is 0 Å². The van der Waals surface area contributed by atoms with Gasteiger partial charge in [-0.15, -0.1) is 0 Å². The maximum absolute atomic E-state index is 11.9. The Kier molecular flexibility index (Phi) is 16.6. The Bertz CT molecular complexity index is 2160. The molecule has 0 spiro atoms. The van der Waals surface area contributed by atoms with Crippen molar-refractivity contribution in [2.24, 2.45) is 0 Å². The zero-order valence-electron chi connectivity index (χ0n) is 33.4. The molecule has 2 atom stereocenters. The van der Waals surface area contributed by atoms with Crippen LogP contribution in [0.15, 0.2) is 184 Å². The molecule has 11 heteroatoms. The standard InChI is InChI=1S/C50H45NO10/c1-5-47(52)58-34-44(60-49(54)7-3)32-56-42-27-21-37(22-28-42)46(38-23-29-43(30-24-38)57-33-45(61-50(55)8-4)35-59-48(53)6-2)31-36-19-25-41(26-20-36)51(39-15-11-9-12-16-39)40-17-13-10-14-18-40/h5-31,44-45H,1-4,32-35H2. The number of carbonyl (C=O) groups excluding carboxylic acids is 4. The van der Waals surface area contributed by atoms with E-state index in [0.717, 1.165) is 63.6 Å². The first-order chi connectivity index (χ1) is 29.7. The molecule has 5 aromatic rings. The Labute approximate surface area is 355 Å². The summed E-state index contributed by atoms with van der Waals surface area (Å²) in [5, 5.41) is 0. The summed E-state index contributed by atoms with van der Waals surface area (Å²) in [6.07, 6.45) is 4.35. The Morgan fingerprint density at radius 1 is 0.459 bits per heavy atom. The SMILES string of the molecule is C=CC(=O)OCC(COc1ccc(C(=Cc2ccc(N(c3ccccc3)c3ccccc3)cc2)c2ccc(OCC(COC(=O)C=C)OC(=O)C=C)cc2)cc1)OC(=O)C=C. The summed E-state index contributed by atoms with van der Waals surface area (Å²) in [5.74, 6) is -1.72. The van der Waals surface area contributed by atoms with Gasteiger partial charge in [-0.25, -0.2) is 19.2 Å². The highest BCUT2D eigenvalue weighted by molar-refractivity contribution is 5.92. The third kappa shape index (κ3) is 13.6. The fraction of sp³-hybridized carbons (Fsp3) is 0.120. The Morgan fingerprint density at radius 2 is 0.836 bits per heavy atom. The van der Waals surface area contributed by atoms with Gasteiger partial charge in [0.25, 0.3) is 0 Å². The predicted molar refractivity (Wildman–Crippen MR) is 234 cm³/mol. The summed E-state index contributed by atoms with van der Waals surface area (Å²) in [5.41, 5.74) is 6.54. The number of ether oxygens (including phenoxy) is 6. The van der Waals surface area contributed by atoms with Gasteiger partial charge in [0.15, 0.2) is 12.2 Å². The second-order valence-corrected chi connectivity index (χ2v) is 13.0. The van der Waals surface area contributed by atoms with Crippen LogP contribution in [-0.4, -0.2) is 62.5 Å². The number of esters is 4. The fourth-order valence-electron chi connectivity index (χ4n) is 5.79. The molecular weight excluding hydrogens is 775 g/mol. The van der Waals surface area contributed by atoms with E-state index in [9.17, 15) is 19.2 Å². The number of para-hydroxylation sites is 2. The normalized spacial score (nSPS) is 11.3. The topological polar surface area (TPSA) is 127 Å². The lowest BCUT2D eigenvalue weighted by molar-refractivity contribution is -0.154. The van der Waals surface area contributed by atoms with Crippen LogP contribution in [0.1, 0.15) is 16.7 Å². The van der Waals surface area contributed by atoms with Crippen molar-refractivity contribution in [3.8, 4) is 11.5 Å². The summed E-state index contributed by atoms with van der Waals surface area (Å²) in [4.78, 5) is 49.3. The second-order valence-electron chi connectivity index (χ2n) is 13.0.